The second-order valence-corrected chi connectivity index (χ2v) is 8.32. The van der Waals surface area contributed by atoms with Crippen LogP contribution in [0.5, 0.6) is 5.75 Å². The number of fused-ring (bicyclic) bond motifs is 1. The minimum atomic E-state index is -4.77. The second-order valence-electron chi connectivity index (χ2n) is 7.45. The summed E-state index contributed by atoms with van der Waals surface area (Å²) in [7, 11) is 0. The number of benzene rings is 2. The molecule has 162 valence electrons. The molecular formula is C21H16Cl2F3N3O2. The lowest BCUT2D eigenvalue weighted by atomic mass is 9.91. The van der Waals surface area contributed by atoms with E-state index in [4.69, 9.17) is 23.2 Å². The van der Waals surface area contributed by atoms with E-state index in [1.165, 1.54) is 29.2 Å². The van der Waals surface area contributed by atoms with Crippen molar-refractivity contribution in [1.82, 2.24) is 9.55 Å². The highest BCUT2D eigenvalue weighted by Crippen LogP contribution is 2.43. The van der Waals surface area contributed by atoms with Crippen LogP contribution in [-0.2, 0) is 16.8 Å². The Kier molecular flexibility index (Phi) is 5.18. The summed E-state index contributed by atoms with van der Waals surface area (Å²) in [4.78, 5) is 19.4. The van der Waals surface area contributed by atoms with Crippen molar-refractivity contribution in [3.63, 3.8) is 0 Å². The van der Waals surface area contributed by atoms with Crippen LogP contribution in [0.4, 0.5) is 24.8 Å². The smallest absolute Gasteiger partial charge is 0.406 e. The molecule has 0 saturated carbocycles. The van der Waals surface area contributed by atoms with Gasteiger partial charge in [-0.05, 0) is 49.7 Å². The van der Waals surface area contributed by atoms with Gasteiger partial charge in [0, 0.05) is 22.2 Å². The van der Waals surface area contributed by atoms with Gasteiger partial charge in [-0.1, -0.05) is 35.3 Å². The SMILES string of the molecule is Cc1cnc2n1[C@](C)(Cc1ccc(OC(F)(F)F)cc1)C(=O)N2c1cc(Cl)cc(Cl)c1. The number of imidazole rings is 1. The Morgan fingerprint density at radius 2 is 1.71 bits per heavy atom. The minimum Gasteiger partial charge on any atom is -0.406 e. The molecule has 5 nitrogen and oxygen atoms in total. The molecule has 1 atom stereocenters. The molecule has 0 bridgehead atoms. The quantitative estimate of drug-likeness (QED) is 0.468. The fourth-order valence-electron chi connectivity index (χ4n) is 3.88. The lowest BCUT2D eigenvalue weighted by molar-refractivity contribution is -0.274. The number of ether oxygens (including phenoxy) is 1. The minimum absolute atomic E-state index is 0.229. The molecule has 0 N–H and O–H groups in total. The number of hydrogen-bond acceptors (Lipinski definition) is 3. The molecular weight excluding hydrogens is 454 g/mol. The number of aryl methyl sites for hydroxylation is 1. The van der Waals surface area contributed by atoms with E-state index >= 15 is 0 Å². The first-order valence-corrected chi connectivity index (χ1v) is 9.94. The van der Waals surface area contributed by atoms with Crippen LogP contribution in [0.2, 0.25) is 10.0 Å². The maximum absolute atomic E-state index is 13.6. The predicted octanol–water partition coefficient (Wildman–Crippen LogP) is 6.03. The number of alkyl halides is 3. The van der Waals surface area contributed by atoms with Gasteiger partial charge in [0.15, 0.2) is 0 Å². The van der Waals surface area contributed by atoms with Crippen LogP contribution in [0.15, 0.2) is 48.7 Å². The molecule has 3 aromatic rings. The van der Waals surface area contributed by atoms with E-state index in [1.807, 2.05) is 11.5 Å². The van der Waals surface area contributed by atoms with Gasteiger partial charge >= 0.3 is 6.36 Å². The summed E-state index contributed by atoms with van der Waals surface area (Å²) in [6.07, 6.45) is -2.89. The molecule has 0 fully saturated rings. The first-order chi connectivity index (χ1) is 14.5. The number of anilines is 2. The number of aromatic nitrogens is 2. The summed E-state index contributed by atoms with van der Waals surface area (Å²) in [6, 6.07) is 10.3. The van der Waals surface area contributed by atoms with Gasteiger partial charge in [-0.3, -0.25) is 9.36 Å². The van der Waals surface area contributed by atoms with Crippen LogP contribution in [0, 0.1) is 6.92 Å². The molecule has 0 aliphatic carbocycles. The van der Waals surface area contributed by atoms with Crippen LogP contribution >= 0.6 is 23.2 Å². The van der Waals surface area contributed by atoms with Crippen molar-refractivity contribution in [3.05, 3.63) is 70.0 Å². The Morgan fingerprint density at radius 1 is 1.10 bits per heavy atom. The van der Waals surface area contributed by atoms with E-state index in [0.717, 1.165) is 5.69 Å². The summed E-state index contributed by atoms with van der Waals surface area (Å²) in [5.74, 6) is -0.165. The van der Waals surface area contributed by atoms with Gasteiger partial charge < -0.3 is 4.74 Å². The van der Waals surface area contributed by atoms with Gasteiger partial charge in [-0.25, -0.2) is 9.88 Å². The first-order valence-electron chi connectivity index (χ1n) is 9.18. The molecule has 0 radical (unpaired) electrons. The average Bonchev–Trinajstić information content (AvgIpc) is 3.12. The number of amides is 1. The van der Waals surface area contributed by atoms with Gasteiger partial charge in [-0.2, -0.15) is 0 Å². The number of halogens is 5. The molecule has 2 heterocycles. The van der Waals surface area contributed by atoms with Crippen molar-refractivity contribution >= 4 is 40.7 Å². The maximum atomic E-state index is 13.6. The van der Waals surface area contributed by atoms with Crippen LogP contribution in [-0.4, -0.2) is 21.8 Å². The monoisotopic (exact) mass is 469 g/mol. The number of nitrogens with zero attached hydrogens (tertiary/aromatic N) is 3. The molecule has 1 aliphatic heterocycles. The van der Waals surface area contributed by atoms with Gasteiger partial charge in [0.25, 0.3) is 5.91 Å². The van der Waals surface area contributed by atoms with Gasteiger partial charge in [0.1, 0.15) is 11.3 Å². The Balaban J connectivity index is 1.71. The summed E-state index contributed by atoms with van der Waals surface area (Å²) < 4.78 is 43.0. The van der Waals surface area contributed by atoms with Crippen LogP contribution in [0.3, 0.4) is 0 Å². The molecule has 1 aromatic heterocycles. The number of carbonyl (C=O) groups excluding carboxylic acids is 1. The van der Waals surface area contributed by atoms with Crippen molar-refractivity contribution in [1.29, 1.82) is 0 Å². The Hall–Kier alpha value is -2.71. The Bertz CT molecular complexity index is 1140. The summed E-state index contributed by atoms with van der Waals surface area (Å²) in [5.41, 5.74) is 0.845. The highest BCUT2D eigenvalue weighted by atomic mass is 35.5. The summed E-state index contributed by atoms with van der Waals surface area (Å²) >= 11 is 12.3. The highest BCUT2D eigenvalue weighted by Gasteiger charge is 2.49. The largest absolute Gasteiger partial charge is 0.573 e. The van der Waals surface area contributed by atoms with E-state index in [2.05, 4.69) is 9.72 Å². The molecule has 1 aliphatic rings. The molecule has 0 spiro atoms. The Morgan fingerprint density at radius 3 is 2.29 bits per heavy atom. The van der Waals surface area contributed by atoms with Gasteiger partial charge in [0.2, 0.25) is 5.95 Å². The zero-order valence-corrected chi connectivity index (χ0v) is 17.9. The van der Waals surface area contributed by atoms with Crippen LogP contribution < -0.4 is 9.64 Å². The van der Waals surface area contributed by atoms with E-state index in [0.29, 0.717) is 27.2 Å². The van der Waals surface area contributed by atoms with Crippen molar-refractivity contribution in [3.8, 4) is 5.75 Å². The normalized spacial score (nSPS) is 18.4. The summed E-state index contributed by atoms with van der Waals surface area (Å²) in [6.45, 7) is 3.59. The topological polar surface area (TPSA) is 47.4 Å². The highest BCUT2D eigenvalue weighted by molar-refractivity contribution is 6.35. The fourth-order valence-corrected chi connectivity index (χ4v) is 4.40. The number of carbonyl (C=O) groups is 1. The van der Waals surface area contributed by atoms with Crippen molar-refractivity contribution < 1.29 is 22.7 Å². The number of rotatable bonds is 4. The molecule has 2 aromatic carbocycles. The van der Waals surface area contributed by atoms with Crippen molar-refractivity contribution in [2.75, 3.05) is 4.90 Å². The molecule has 31 heavy (non-hydrogen) atoms. The van der Waals surface area contributed by atoms with Crippen molar-refractivity contribution in [2.45, 2.75) is 32.2 Å². The van der Waals surface area contributed by atoms with E-state index in [9.17, 15) is 18.0 Å². The zero-order chi connectivity index (χ0) is 22.6. The fraction of sp³-hybridized carbons (Fsp3) is 0.238. The third kappa shape index (κ3) is 3.97. The van der Waals surface area contributed by atoms with Crippen LogP contribution in [0.25, 0.3) is 0 Å². The third-order valence-corrected chi connectivity index (χ3v) is 5.52. The van der Waals surface area contributed by atoms with Gasteiger partial charge in [0.05, 0.1) is 11.9 Å². The third-order valence-electron chi connectivity index (χ3n) is 5.09. The lowest BCUT2D eigenvalue weighted by Gasteiger charge is -2.26. The summed E-state index contributed by atoms with van der Waals surface area (Å²) in [5, 5.41) is 0.748. The standard InChI is InChI=1S/C21H16Cl2F3N3O2/c1-12-11-27-19-28(16-8-14(22)7-15(23)9-16)18(30)20(2,29(12)19)10-13-3-5-17(6-4-13)31-21(24,25)26/h3-9,11H,10H2,1-2H3/t20-/m1/s1. The van der Waals surface area contributed by atoms with E-state index in [1.54, 1.807) is 31.3 Å². The maximum Gasteiger partial charge on any atom is 0.573 e. The predicted molar refractivity (Wildman–Crippen MR) is 111 cm³/mol. The number of hydrogen-bond donors (Lipinski definition) is 0. The lowest BCUT2D eigenvalue weighted by Crippen LogP contribution is -2.41. The molecule has 10 heteroatoms. The van der Waals surface area contributed by atoms with Crippen molar-refractivity contribution in [2.24, 2.45) is 0 Å². The van der Waals surface area contributed by atoms with E-state index < -0.39 is 11.9 Å². The Labute approximate surface area is 186 Å². The molecule has 0 saturated heterocycles. The molecule has 1 amide bonds. The van der Waals surface area contributed by atoms with E-state index in [-0.39, 0.29) is 18.1 Å². The first kappa shape index (κ1) is 21.5. The van der Waals surface area contributed by atoms with Crippen LogP contribution in [0.1, 0.15) is 18.2 Å². The van der Waals surface area contributed by atoms with Gasteiger partial charge in [-0.15, -0.1) is 13.2 Å². The molecule has 0 unspecified atom stereocenters. The average molecular weight is 470 g/mol. The zero-order valence-electron chi connectivity index (χ0n) is 16.4. The molecule has 4 rings (SSSR count). The second kappa shape index (κ2) is 7.46.